The van der Waals surface area contributed by atoms with Crippen LogP contribution in [-0.4, -0.2) is 24.9 Å². The molecule has 2 aromatic rings. The first-order valence-electron chi connectivity index (χ1n) is 6.55. The molecule has 0 bridgehead atoms. The van der Waals surface area contributed by atoms with Crippen molar-refractivity contribution >= 4 is 23.4 Å². The molecule has 0 spiro atoms. The highest BCUT2D eigenvalue weighted by molar-refractivity contribution is 6.29. The van der Waals surface area contributed by atoms with Crippen molar-refractivity contribution in [2.45, 2.75) is 6.92 Å². The minimum absolute atomic E-state index is 0.0944. The van der Waals surface area contributed by atoms with Crippen molar-refractivity contribution in [2.75, 3.05) is 13.1 Å². The zero-order valence-electron chi connectivity index (χ0n) is 11.8. The number of furan rings is 1. The Morgan fingerprint density at radius 1 is 1.14 bits per heavy atom. The zero-order valence-corrected chi connectivity index (χ0v) is 12.5. The Bertz CT molecular complexity index is 700. The highest BCUT2D eigenvalue weighted by Gasteiger charge is 2.10. The van der Waals surface area contributed by atoms with Gasteiger partial charge >= 0.3 is 0 Å². The van der Waals surface area contributed by atoms with Gasteiger partial charge in [0, 0.05) is 18.7 Å². The largest absolute Gasteiger partial charge is 0.440 e. The first kappa shape index (κ1) is 16.0. The Labute approximate surface area is 131 Å². The Hall–Kier alpha value is -2.34. The third-order valence-corrected chi connectivity index (χ3v) is 3.13. The van der Waals surface area contributed by atoms with Crippen molar-refractivity contribution in [1.82, 2.24) is 10.6 Å². The number of aryl methyl sites for hydroxylation is 1. The standard InChI is InChI=1S/C15H14ClFN2O3/c1-9-2-3-10(8-11(9)17)14(20)18-6-7-19-15(21)12-4-5-13(16)22-12/h2-5,8H,6-7H2,1H3,(H,18,20)(H,19,21). The average Bonchev–Trinajstić information content (AvgIpc) is 2.92. The summed E-state index contributed by atoms with van der Waals surface area (Å²) < 4.78 is 18.3. The van der Waals surface area contributed by atoms with Crippen LogP contribution >= 0.6 is 11.6 Å². The van der Waals surface area contributed by atoms with Gasteiger partial charge in [0.15, 0.2) is 11.0 Å². The van der Waals surface area contributed by atoms with Crippen molar-refractivity contribution in [3.63, 3.8) is 0 Å². The number of carbonyl (C=O) groups excluding carboxylic acids is 2. The summed E-state index contributed by atoms with van der Waals surface area (Å²) in [6.07, 6.45) is 0. The van der Waals surface area contributed by atoms with Crippen LogP contribution in [0.25, 0.3) is 0 Å². The maximum atomic E-state index is 13.4. The molecule has 0 atom stereocenters. The molecule has 5 nitrogen and oxygen atoms in total. The fourth-order valence-electron chi connectivity index (χ4n) is 1.71. The molecule has 7 heteroatoms. The fourth-order valence-corrected chi connectivity index (χ4v) is 1.86. The van der Waals surface area contributed by atoms with E-state index in [9.17, 15) is 14.0 Å². The minimum atomic E-state index is -0.435. The Morgan fingerprint density at radius 3 is 2.41 bits per heavy atom. The van der Waals surface area contributed by atoms with Crippen molar-refractivity contribution in [1.29, 1.82) is 0 Å². The Morgan fingerprint density at radius 2 is 1.82 bits per heavy atom. The van der Waals surface area contributed by atoms with Gasteiger partial charge in [-0.05, 0) is 48.4 Å². The van der Waals surface area contributed by atoms with Gasteiger partial charge in [0.2, 0.25) is 0 Å². The maximum absolute atomic E-state index is 13.4. The predicted octanol–water partition coefficient (Wildman–Crippen LogP) is 2.54. The molecule has 1 aromatic carbocycles. The molecular weight excluding hydrogens is 311 g/mol. The van der Waals surface area contributed by atoms with E-state index in [0.29, 0.717) is 5.56 Å². The summed E-state index contributed by atoms with van der Waals surface area (Å²) in [6, 6.07) is 7.16. The highest BCUT2D eigenvalue weighted by Crippen LogP contribution is 2.12. The molecule has 0 aliphatic carbocycles. The van der Waals surface area contributed by atoms with Gasteiger partial charge in [-0.25, -0.2) is 4.39 Å². The van der Waals surface area contributed by atoms with Crippen molar-refractivity contribution in [3.8, 4) is 0 Å². The number of nitrogens with one attached hydrogen (secondary N) is 2. The SMILES string of the molecule is Cc1ccc(C(=O)NCCNC(=O)c2ccc(Cl)o2)cc1F. The average molecular weight is 325 g/mol. The molecule has 2 N–H and O–H groups in total. The molecule has 0 fully saturated rings. The molecule has 2 amide bonds. The lowest BCUT2D eigenvalue weighted by Gasteiger charge is -2.07. The van der Waals surface area contributed by atoms with Gasteiger partial charge < -0.3 is 15.1 Å². The van der Waals surface area contributed by atoms with Gasteiger partial charge in [0.1, 0.15) is 5.82 Å². The molecule has 1 heterocycles. The third kappa shape index (κ3) is 4.08. The van der Waals surface area contributed by atoms with E-state index in [4.69, 9.17) is 16.0 Å². The van der Waals surface area contributed by atoms with Gasteiger partial charge in [-0.15, -0.1) is 0 Å². The van der Waals surface area contributed by atoms with Crippen LogP contribution < -0.4 is 10.6 Å². The summed E-state index contributed by atoms with van der Waals surface area (Å²) in [4.78, 5) is 23.4. The van der Waals surface area contributed by atoms with Crippen molar-refractivity contribution < 1.29 is 18.4 Å². The summed E-state index contributed by atoms with van der Waals surface area (Å²) >= 11 is 5.56. The van der Waals surface area contributed by atoms with E-state index in [1.54, 1.807) is 6.92 Å². The topological polar surface area (TPSA) is 71.3 Å². The molecule has 22 heavy (non-hydrogen) atoms. The molecular formula is C15H14ClFN2O3. The lowest BCUT2D eigenvalue weighted by molar-refractivity contribution is 0.0910. The van der Waals surface area contributed by atoms with Crippen molar-refractivity contribution in [2.24, 2.45) is 0 Å². The fraction of sp³-hybridized carbons (Fsp3) is 0.200. The Balaban J connectivity index is 1.77. The van der Waals surface area contributed by atoms with E-state index >= 15 is 0 Å². The van der Waals surface area contributed by atoms with E-state index in [2.05, 4.69) is 10.6 Å². The van der Waals surface area contributed by atoms with E-state index < -0.39 is 17.6 Å². The van der Waals surface area contributed by atoms with E-state index in [0.717, 1.165) is 0 Å². The number of amides is 2. The first-order chi connectivity index (χ1) is 10.5. The molecule has 0 unspecified atom stereocenters. The Kier molecular flexibility index (Phi) is 5.16. The predicted molar refractivity (Wildman–Crippen MR) is 79.5 cm³/mol. The molecule has 0 radical (unpaired) electrons. The lowest BCUT2D eigenvalue weighted by atomic mass is 10.1. The van der Waals surface area contributed by atoms with Crippen LogP contribution in [0.3, 0.4) is 0 Å². The van der Waals surface area contributed by atoms with Gasteiger partial charge in [-0.2, -0.15) is 0 Å². The number of hydrogen-bond acceptors (Lipinski definition) is 3. The monoisotopic (exact) mass is 324 g/mol. The number of carbonyl (C=O) groups is 2. The number of halogens is 2. The minimum Gasteiger partial charge on any atom is -0.440 e. The molecule has 0 saturated heterocycles. The van der Waals surface area contributed by atoms with Crippen LogP contribution in [0.15, 0.2) is 34.7 Å². The zero-order chi connectivity index (χ0) is 16.1. The highest BCUT2D eigenvalue weighted by atomic mass is 35.5. The van der Waals surface area contributed by atoms with E-state index in [1.165, 1.54) is 30.3 Å². The molecule has 0 saturated carbocycles. The number of rotatable bonds is 5. The molecule has 0 aliphatic heterocycles. The smallest absolute Gasteiger partial charge is 0.287 e. The second-order valence-corrected chi connectivity index (χ2v) is 4.95. The second-order valence-electron chi connectivity index (χ2n) is 4.58. The second kappa shape index (κ2) is 7.09. The van der Waals surface area contributed by atoms with Crippen LogP contribution in [-0.2, 0) is 0 Å². The first-order valence-corrected chi connectivity index (χ1v) is 6.93. The third-order valence-electron chi connectivity index (χ3n) is 2.93. The van der Waals surface area contributed by atoms with Crippen LogP contribution in [0.5, 0.6) is 0 Å². The van der Waals surface area contributed by atoms with Crippen molar-refractivity contribution in [3.05, 3.63) is 58.3 Å². The van der Waals surface area contributed by atoms with E-state index in [-0.39, 0.29) is 29.6 Å². The van der Waals surface area contributed by atoms with E-state index in [1.807, 2.05) is 0 Å². The maximum Gasteiger partial charge on any atom is 0.287 e. The van der Waals surface area contributed by atoms with Gasteiger partial charge in [0.05, 0.1) is 0 Å². The van der Waals surface area contributed by atoms with Gasteiger partial charge in [-0.1, -0.05) is 6.07 Å². The molecule has 0 aliphatic rings. The normalized spacial score (nSPS) is 10.3. The summed E-state index contributed by atoms with van der Waals surface area (Å²) in [6.45, 7) is 2.03. The summed E-state index contributed by atoms with van der Waals surface area (Å²) in [5.41, 5.74) is 0.702. The van der Waals surface area contributed by atoms with Gasteiger partial charge in [-0.3, -0.25) is 9.59 Å². The van der Waals surface area contributed by atoms with Crippen LogP contribution in [0, 0.1) is 12.7 Å². The molecule has 2 rings (SSSR count). The molecule has 1 aromatic heterocycles. The van der Waals surface area contributed by atoms with Gasteiger partial charge in [0.25, 0.3) is 11.8 Å². The summed E-state index contributed by atoms with van der Waals surface area (Å²) in [5, 5.41) is 5.27. The quantitative estimate of drug-likeness (QED) is 0.830. The van der Waals surface area contributed by atoms with Crippen LogP contribution in [0.2, 0.25) is 5.22 Å². The number of benzene rings is 1. The summed E-state index contributed by atoms with van der Waals surface area (Å²) in [7, 11) is 0. The molecule has 116 valence electrons. The lowest BCUT2D eigenvalue weighted by Crippen LogP contribution is -2.34. The number of hydrogen-bond donors (Lipinski definition) is 2. The van der Waals surface area contributed by atoms with Crippen LogP contribution in [0.4, 0.5) is 4.39 Å². The van der Waals surface area contributed by atoms with Crippen LogP contribution in [0.1, 0.15) is 26.5 Å². The summed E-state index contributed by atoms with van der Waals surface area (Å²) in [5.74, 6) is -1.18.